The van der Waals surface area contributed by atoms with Crippen molar-refractivity contribution in [1.82, 2.24) is 4.90 Å². The van der Waals surface area contributed by atoms with Crippen LogP contribution in [0.2, 0.25) is 0 Å². The second-order valence-corrected chi connectivity index (χ2v) is 8.62. The molecule has 15 heteroatoms. The van der Waals surface area contributed by atoms with Crippen LogP contribution in [0.3, 0.4) is 0 Å². The molecule has 2 amide bonds. The third-order valence-corrected chi connectivity index (χ3v) is 6.08. The third kappa shape index (κ3) is 6.99. The van der Waals surface area contributed by atoms with Gasteiger partial charge in [-0.05, 0) is 67.2 Å². The van der Waals surface area contributed by atoms with Gasteiger partial charge in [-0.2, -0.15) is 39.5 Å². The minimum Gasteiger partial charge on any atom is -0.453 e. The van der Waals surface area contributed by atoms with Crippen LogP contribution >= 0.6 is 0 Å². The molecule has 41 heavy (non-hydrogen) atoms. The van der Waals surface area contributed by atoms with E-state index in [1.807, 2.05) is 0 Å². The first-order chi connectivity index (χ1) is 22.0. The molecule has 0 fully saturated rings. The highest BCUT2D eigenvalue weighted by atomic mass is 19.4. The van der Waals surface area contributed by atoms with E-state index in [1.54, 1.807) is 0 Å². The van der Waals surface area contributed by atoms with E-state index in [-0.39, 0.29) is 23.1 Å². The molecule has 2 atom stereocenters. The van der Waals surface area contributed by atoms with Crippen LogP contribution in [-0.2, 0) is 34.5 Å². The van der Waals surface area contributed by atoms with E-state index >= 15 is 0 Å². The maximum atomic E-state index is 13.9. The number of rotatable bonds is 5. The monoisotopic (exact) mass is 608 g/mol. The van der Waals surface area contributed by atoms with Gasteiger partial charge in [-0.15, -0.1) is 0 Å². The van der Waals surface area contributed by atoms with Crippen LogP contribution in [0.5, 0.6) is 0 Å². The summed E-state index contributed by atoms with van der Waals surface area (Å²) in [6.45, 7) is -9.14. The standard InChI is InChI=1S/C26H25F9N2O4/c1-4-18-12-21(19-11-15(24(27,28)29)6-7-20(19)37(18)23(39)41-5-2)36(22(38)40-3)13-14-8-16(25(30,31)32)10-17(9-14)26(33,34)35/h6-11,18,21H,4-5,12-13H2,1-3H3/t18-,21-/m0/s1/i1D3,2D3,4D2. The fourth-order valence-corrected chi connectivity index (χ4v) is 4.33. The van der Waals surface area contributed by atoms with Crippen LogP contribution in [0.15, 0.2) is 36.4 Å². The molecule has 0 N–H and O–H groups in total. The molecular weight excluding hydrogens is 575 g/mol. The molecule has 0 aliphatic carbocycles. The van der Waals surface area contributed by atoms with Crippen molar-refractivity contribution in [3.05, 3.63) is 64.2 Å². The van der Waals surface area contributed by atoms with Crippen molar-refractivity contribution in [2.45, 2.75) is 63.7 Å². The number of anilines is 1. The van der Waals surface area contributed by atoms with E-state index in [1.165, 1.54) is 0 Å². The van der Waals surface area contributed by atoms with E-state index in [0.717, 1.165) is 0 Å². The van der Waals surface area contributed by atoms with E-state index in [0.29, 0.717) is 30.2 Å². The predicted octanol–water partition coefficient (Wildman–Crippen LogP) is 8.20. The first-order valence-electron chi connectivity index (χ1n) is 15.3. The van der Waals surface area contributed by atoms with E-state index in [4.69, 9.17) is 15.7 Å². The fourth-order valence-electron chi connectivity index (χ4n) is 4.33. The number of alkyl halides is 9. The van der Waals surface area contributed by atoms with Gasteiger partial charge in [0.1, 0.15) is 0 Å². The quantitative estimate of drug-likeness (QED) is 0.321. The summed E-state index contributed by atoms with van der Waals surface area (Å²) in [6, 6.07) is -2.84. The topological polar surface area (TPSA) is 59.1 Å². The highest BCUT2D eigenvalue weighted by molar-refractivity contribution is 5.90. The second kappa shape index (κ2) is 11.7. The van der Waals surface area contributed by atoms with Gasteiger partial charge in [0.2, 0.25) is 0 Å². The molecule has 6 nitrogen and oxygen atoms in total. The van der Waals surface area contributed by atoms with Crippen LogP contribution < -0.4 is 4.90 Å². The number of hydrogen-bond acceptors (Lipinski definition) is 4. The normalized spacial score (nSPS) is 21.5. The van der Waals surface area contributed by atoms with Gasteiger partial charge in [0.15, 0.2) is 0 Å². The number of methoxy groups -OCH3 is 1. The lowest BCUT2D eigenvalue weighted by Gasteiger charge is -2.43. The molecule has 0 saturated heterocycles. The van der Waals surface area contributed by atoms with Crippen molar-refractivity contribution in [3.8, 4) is 0 Å². The summed E-state index contributed by atoms with van der Waals surface area (Å²) < 4.78 is 195. The smallest absolute Gasteiger partial charge is 0.416 e. The molecule has 0 radical (unpaired) electrons. The minimum atomic E-state index is -5.35. The van der Waals surface area contributed by atoms with Crippen molar-refractivity contribution in [3.63, 3.8) is 0 Å². The van der Waals surface area contributed by atoms with Crippen LogP contribution in [0.4, 0.5) is 54.8 Å². The molecule has 1 aliphatic rings. The summed E-state index contributed by atoms with van der Waals surface area (Å²) in [7, 11) is 0.705. The number of benzene rings is 2. The highest BCUT2D eigenvalue weighted by Gasteiger charge is 2.43. The number of halogens is 9. The van der Waals surface area contributed by atoms with Gasteiger partial charge >= 0.3 is 30.7 Å². The molecule has 1 heterocycles. The first kappa shape index (κ1) is 22.0. The van der Waals surface area contributed by atoms with Gasteiger partial charge in [-0.3, -0.25) is 9.80 Å². The molecule has 0 bridgehead atoms. The van der Waals surface area contributed by atoms with Crippen molar-refractivity contribution < 1.29 is 69.5 Å². The summed E-state index contributed by atoms with van der Waals surface area (Å²) in [4.78, 5) is 27.0. The second-order valence-electron chi connectivity index (χ2n) is 8.62. The Labute approximate surface area is 239 Å². The van der Waals surface area contributed by atoms with Crippen molar-refractivity contribution >= 4 is 17.9 Å². The van der Waals surface area contributed by atoms with Gasteiger partial charge in [0, 0.05) is 23.6 Å². The third-order valence-electron chi connectivity index (χ3n) is 6.08. The summed E-state index contributed by atoms with van der Waals surface area (Å²) in [5, 5.41) is 0. The fraction of sp³-hybridized carbons (Fsp3) is 0.462. The summed E-state index contributed by atoms with van der Waals surface area (Å²) >= 11 is 0. The number of hydrogen-bond donors (Lipinski definition) is 0. The van der Waals surface area contributed by atoms with Gasteiger partial charge in [0.25, 0.3) is 0 Å². The number of carbonyl (C=O) groups is 2. The van der Waals surface area contributed by atoms with Crippen molar-refractivity contribution in [2.24, 2.45) is 0 Å². The molecule has 1 aliphatic heterocycles. The van der Waals surface area contributed by atoms with Gasteiger partial charge in [-0.1, -0.05) is 6.85 Å². The van der Waals surface area contributed by atoms with E-state index < -0.39 is 116 Å². The Kier molecular flexibility index (Phi) is 6.27. The Morgan fingerprint density at radius 1 is 0.951 bits per heavy atom. The summed E-state index contributed by atoms with van der Waals surface area (Å²) in [6.07, 6.45) is -23.8. The summed E-state index contributed by atoms with van der Waals surface area (Å²) in [5.74, 6) is 0. The Hall–Kier alpha value is -3.65. The molecule has 0 spiro atoms. The van der Waals surface area contributed by atoms with Crippen LogP contribution in [0.1, 0.15) is 71.3 Å². The lowest BCUT2D eigenvalue weighted by molar-refractivity contribution is -0.143. The van der Waals surface area contributed by atoms with E-state index in [9.17, 15) is 49.1 Å². The van der Waals surface area contributed by atoms with Crippen LogP contribution in [0, 0.1) is 0 Å². The zero-order valence-electron chi connectivity index (χ0n) is 28.7. The molecule has 0 saturated carbocycles. The maximum absolute atomic E-state index is 13.9. The first-order valence-corrected chi connectivity index (χ1v) is 11.3. The maximum Gasteiger partial charge on any atom is 0.416 e. The van der Waals surface area contributed by atoms with Crippen LogP contribution in [-0.4, -0.2) is 36.8 Å². The van der Waals surface area contributed by atoms with Crippen LogP contribution in [0.25, 0.3) is 0 Å². The number of fused-ring (bicyclic) bond motifs is 1. The Morgan fingerprint density at radius 3 is 2.07 bits per heavy atom. The molecular formula is C26H25F9N2O4. The largest absolute Gasteiger partial charge is 0.453 e. The molecule has 226 valence electrons. The molecule has 2 aromatic carbocycles. The Balaban J connectivity index is 2.36. The SMILES string of the molecule is [2H]C([2H])([2H])COC(=O)N1c2ccc(C(F)(F)F)cc2[C@@H](N(Cc2cc(C(F)(F)F)cc(C(F)(F)F)c2)C(=O)OC)C[C@@H]1C([2H])([2H])C([2H])([2H])[2H]. The zero-order chi connectivity index (χ0) is 37.7. The Morgan fingerprint density at radius 2 is 1.56 bits per heavy atom. The van der Waals surface area contributed by atoms with Gasteiger partial charge in [-0.25, -0.2) is 9.59 Å². The number of nitrogens with zero attached hydrogens (tertiary/aromatic N) is 2. The van der Waals surface area contributed by atoms with Crippen molar-refractivity contribution in [1.29, 1.82) is 0 Å². The lowest BCUT2D eigenvalue weighted by atomic mass is 9.87. The predicted molar refractivity (Wildman–Crippen MR) is 127 cm³/mol. The molecule has 2 aromatic rings. The highest BCUT2D eigenvalue weighted by Crippen LogP contribution is 2.45. The van der Waals surface area contributed by atoms with Crippen molar-refractivity contribution in [2.75, 3.05) is 18.6 Å². The van der Waals surface area contributed by atoms with E-state index in [2.05, 4.69) is 4.74 Å². The summed E-state index contributed by atoms with van der Waals surface area (Å²) in [5.41, 5.74) is -7.40. The number of ether oxygens (including phenoxy) is 2. The average molecular weight is 609 g/mol. The van der Waals surface area contributed by atoms with Gasteiger partial charge in [0.05, 0.1) is 42.1 Å². The molecule has 3 rings (SSSR count). The molecule has 0 aromatic heterocycles. The number of amides is 2. The molecule has 0 unspecified atom stereocenters. The zero-order valence-corrected chi connectivity index (χ0v) is 20.7. The lowest BCUT2D eigenvalue weighted by Crippen LogP contribution is -2.48. The van der Waals surface area contributed by atoms with Gasteiger partial charge < -0.3 is 9.47 Å². The minimum absolute atomic E-state index is 0.221. The average Bonchev–Trinajstić information content (AvgIpc) is 2.94. The Bertz CT molecular complexity index is 1530. The number of carbonyl (C=O) groups excluding carboxylic acids is 2.